The number of anilines is 1. The number of nitrogens with one attached hydrogen (secondary N) is 1. The topological polar surface area (TPSA) is 55.1 Å². The highest BCUT2D eigenvalue weighted by Crippen LogP contribution is 2.51. The van der Waals surface area contributed by atoms with E-state index >= 15 is 0 Å². The lowest BCUT2D eigenvalue weighted by molar-refractivity contribution is -0.117. The van der Waals surface area contributed by atoms with Crippen LogP contribution in [-0.4, -0.2) is 12.5 Å². The summed E-state index contributed by atoms with van der Waals surface area (Å²) in [5.74, 6) is 5.99. The molecule has 0 spiro atoms. The zero-order valence-electron chi connectivity index (χ0n) is 10.8. The molecule has 0 aromatic heterocycles. The number of hydrogen-bond donors (Lipinski definition) is 2. The third kappa shape index (κ3) is 2.91. The molecule has 3 N–H and O–H groups in total. The molecule has 1 saturated carbocycles. The lowest BCUT2D eigenvalue weighted by Gasteiger charge is -2.06. The zero-order chi connectivity index (χ0) is 13.2. The first kappa shape index (κ1) is 12.7. The second kappa shape index (κ2) is 4.83. The summed E-state index contributed by atoms with van der Waals surface area (Å²) in [6.07, 6.45) is 0.964. The maximum Gasteiger partial charge on any atom is 0.228 e. The van der Waals surface area contributed by atoms with Crippen LogP contribution in [0.15, 0.2) is 24.3 Å². The van der Waals surface area contributed by atoms with Crippen molar-refractivity contribution in [2.45, 2.75) is 20.3 Å². The van der Waals surface area contributed by atoms with Gasteiger partial charge in [-0.05, 0) is 30.0 Å². The van der Waals surface area contributed by atoms with Gasteiger partial charge in [-0.1, -0.05) is 31.8 Å². The van der Waals surface area contributed by atoms with Gasteiger partial charge in [0, 0.05) is 17.2 Å². The molecule has 3 nitrogen and oxygen atoms in total. The van der Waals surface area contributed by atoms with Crippen molar-refractivity contribution in [1.82, 2.24) is 0 Å². The molecular weight excluding hydrogens is 224 g/mol. The summed E-state index contributed by atoms with van der Waals surface area (Å²) in [6.45, 7) is 4.56. The summed E-state index contributed by atoms with van der Waals surface area (Å²) in [4.78, 5) is 11.9. The van der Waals surface area contributed by atoms with Gasteiger partial charge in [0.2, 0.25) is 5.91 Å². The molecule has 0 aliphatic heterocycles. The van der Waals surface area contributed by atoms with Gasteiger partial charge in [-0.25, -0.2) is 0 Å². The van der Waals surface area contributed by atoms with Gasteiger partial charge in [0.05, 0.1) is 6.54 Å². The minimum absolute atomic E-state index is 0.101. The van der Waals surface area contributed by atoms with Crippen molar-refractivity contribution in [3.05, 3.63) is 29.8 Å². The Labute approximate surface area is 108 Å². The predicted octanol–water partition coefficient (Wildman–Crippen LogP) is 1.98. The van der Waals surface area contributed by atoms with E-state index in [9.17, 15) is 4.79 Å². The highest BCUT2D eigenvalue weighted by atomic mass is 16.2. The van der Waals surface area contributed by atoms with E-state index in [1.165, 1.54) is 0 Å². The third-order valence-electron chi connectivity index (χ3n) is 3.29. The number of carbonyl (C=O) groups is 1. The highest BCUT2D eigenvalue weighted by molar-refractivity contribution is 5.95. The van der Waals surface area contributed by atoms with Crippen LogP contribution in [0, 0.1) is 23.2 Å². The average molecular weight is 242 g/mol. The van der Waals surface area contributed by atoms with Crippen LogP contribution >= 0.6 is 0 Å². The standard InChI is InChI=1S/C15H18N2O/c1-15(2)10-13(15)14(18)17-12-7-3-5-11(9-12)6-4-8-16/h3,5,7,9,13H,8,10,16H2,1-2H3,(H,17,18). The van der Waals surface area contributed by atoms with Crippen molar-refractivity contribution in [2.75, 3.05) is 11.9 Å². The number of hydrogen-bond acceptors (Lipinski definition) is 2. The molecule has 1 aliphatic rings. The Bertz CT molecular complexity index is 523. The van der Waals surface area contributed by atoms with Gasteiger partial charge in [-0.3, -0.25) is 4.79 Å². The van der Waals surface area contributed by atoms with Crippen LogP contribution in [-0.2, 0) is 4.79 Å². The Morgan fingerprint density at radius 3 is 2.89 bits per heavy atom. The molecule has 1 aromatic rings. The molecule has 0 bridgehead atoms. The van der Waals surface area contributed by atoms with Crippen molar-refractivity contribution >= 4 is 11.6 Å². The van der Waals surface area contributed by atoms with Crippen molar-refractivity contribution in [2.24, 2.45) is 17.1 Å². The summed E-state index contributed by atoms with van der Waals surface area (Å²) >= 11 is 0. The molecule has 94 valence electrons. The van der Waals surface area contributed by atoms with Crippen LogP contribution < -0.4 is 11.1 Å². The quantitative estimate of drug-likeness (QED) is 0.779. The molecule has 2 rings (SSSR count). The molecule has 1 aliphatic carbocycles. The first-order chi connectivity index (χ1) is 8.53. The number of rotatable bonds is 2. The molecule has 0 heterocycles. The van der Waals surface area contributed by atoms with Crippen LogP contribution in [0.5, 0.6) is 0 Å². The Balaban J connectivity index is 2.04. The van der Waals surface area contributed by atoms with Gasteiger partial charge < -0.3 is 11.1 Å². The Morgan fingerprint density at radius 1 is 1.56 bits per heavy atom. The molecule has 1 fully saturated rings. The largest absolute Gasteiger partial charge is 0.326 e. The van der Waals surface area contributed by atoms with Crippen LogP contribution in [0.4, 0.5) is 5.69 Å². The maximum atomic E-state index is 11.9. The first-order valence-corrected chi connectivity index (χ1v) is 6.13. The summed E-state index contributed by atoms with van der Waals surface area (Å²) in [7, 11) is 0. The van der Waals surface area contributed by atoms with Crippen LogP contribution in [0.25, 0.3) is 0 Å². The van der Waals surface area contributed by atoms with E-state index in [2.05, 4.69) is 31.0 Å². The van der Waals surface area contributed by atoms with Gasteiger partial charge in [-0.2, -0.15) is 0 Å². The second-order valence-corrected chi connectivity index (χ2v) is 5.32. The van der Waals surface area contributed by atoms with Gasteiger partial charge in [-0.15, -0.1) is 0 Å². The van der Waals surface area contributed by atoms with E-state index in [1.807, 2.05) is 24.3 Å². The van der Waals surface area contributed by atoms with E-state index in [0.717, 1.165) is 17.7 Å². The van der Waals surface area contributed by atoms with Crippen molar-refractivity contribution in [3.8, 4) is 11.8 Å². The SMILES string of the molecule is CC1(C)CC1C(=O)Nc1cccc(C#CCN)c1. The van der Waals surface area contributed by atoms with Gasteiger partial charge >= 0.3 is 0 Å². The number of nitrogens with two attached hydrogens (primary N) is 1. The van der Waals surface area contributed by atoms with E-state index in [4.69, 9.17) is 5.73 Å². The molecule has 1 unspecified atom stereocenters. The molecular formula is C15H18N2O. The predicted molar refractivity (Wildman–Crippen MR) is 72.9 cm³/mol. The normalized spacial score (nSPS) is 19.6. The molecule has 0 radical (unpaired) electrons. The number of amides is 1. The fraction of sp³-hybridized carbons (Fsp3) is 0.400. The third-order valence-corrected chi connectivity index (χ3v) is 3.29. The lowest BCUT2D eigenvalue weighted by atomic mass is 10.1. The summed E-state index contributed by atoms with van der Waals surface area (Å²) in [5.41, 5.74) is 7.15. The fourth-order valence-electron chi connectivity index (χ4n) is 1.97. The average Bonchev–Trinajstić information content (AvgIpc) is 2.96. The maximum absolute atomic E-state index is 11.9. The molecule has 1 aromatic carbocycles. The molecule has 1 amide bonds. The summed E-state index contributed by atoms with van der Waals surface area (Å²) < 4.78 is 0. The summed E-state index contributed by atoms with van der Waals surface area (Å²) in [6, 6.07) is 7.53. The molecule has 3 heteroatoms. The van der Waals surface area contributed by atoms with Gasteiger partial charge in [0.1, 0.15) is 0 Å². The van der Waals surface area contributed by atoms with Crippen molar-refractivity contribution in [1.29, 1.82) is 0 Å². The lowest BCUT2D eigenvalue weighted by Crippen LogP contribution is -2.16. The van der Waals surface area contributed by atoms with Crippen molar-refractivity contribution in [3.63, 3.8) is 0 Å². The molecule has 18 heavy (non-hydrogen) atoms. The van der Waals surface area contributed by atoms with Gasteiger partial charge in [0.15, 0.2) is 0 Å². The number of benzene rings is 1. The fourth-order valence-corrected chi connectivity index (χ4v) is 1.97. The Kier molecular flexibility index (Phi) is 3.40. The molecule has 1 atom stereocenters. The summed E-state index contributed by atoms with van der Waals surface area (Å²) in [5, 5.41) is 2.94. The minimum Gasteiger partial charge on any atom is -0.326 e. The van der Waals surface area contributed by atoms with Crippen LogP contribution in [0.2, 0.25) is 0 Å². The highest BCUT2D eigenvalue weighted by Gasteiger charge is 2.50. The van der Waals surface area contributed by atoms with E-state index < -0.39 is 0 Å². The monoisotopic (exact) mass is 242 g/mol. The van der Waals surface area contributed by atoms with E-state index in [-0.39, 0.29) is 17.2 Å². The van der Waals surface area contributed by atoms with Gasteiger partial charge in [0.25, 0.3) is 0 Å². The number of carbonyl (C=O) groups excluding carboxylic acids is 1. The van der Waals surface area contributed by atoms with Crippen LogP contribution in [0.3, 0.4) is 0 Å². The zero-order valence-corrected chi connectivity index (χ0v) is 10.8. The van der Waals surface area contributed by atoms with Crippen LogP contribution in [0.1, 0.15) is 25.8 Å². The van der Waals surface area contributed by atoms with Crippen molar-refractivity contribution < 1.29 is 4.79 Å². The smallest absolute Gasteiger partial charge is 0.228 e. The second-order valence-electron chi connectivity index (χ2n) is 5.32. The van der Waals surface area contributed by atoms with E-state index in [1.54, 1.807) is 0 Å². The molecule has 0 saturated heterocycles. The Morgan fingerprint density at radius 2 is 2.28 bits per heavy atom. The first-order valence-electron chi connectivity index (χ1n) is 6.13. The minimum atomic E-state index is 0.101. The van der Waals surface area contributed by atoms with E-state index in [0.29, 0.717) is 6.54 Å². The Hall–Kier alpha value is -1.79.